The fourth-order valence-electron chi connectivity index (χ4n) is 1.57. The molecule has 0 saturated carbocycles. The normalized spacial score (nSPS) is 13.4. The van der Waals surface area contributed by atoms with Crippen molar-refractivity contribution in [1.29, 1.82) is 0 Å². The third-order valence-corrected chi connectivity index (χ3v) is 2.57. The summed E-state index contributed by atoms with van der Waals surface area (Å²) in [5.74, 6) is 5.31. The number of Topliss-reactive ketones (excluding diaryl/α,β-unsaturated/α-hetero) is 1. The molecule has 0 aliphatic heterocycles. The van der Waals surface area contributed by atoms with Crippen LogP contribution in [-0.4, -0.2) is 5.78 Å². The Hall–Kier alpha value is -2.07. The molecule has 0 unspecified atom stereocenters. The van der Waals surface area contributed by atoms with E-state index in [9.17, 15) is 4.79 Å². The van der Waals surface area contributed by atoms with Gasteiger partial charge in [0, 0.05) is 41.0 Å². The maximum absolute atomic E-state index is 11.5. The maximum atomic E-state index is 11.5. The van der Waals surface area contributed by atoms with Gasteiger partial charge < -0.3 is 0 Å². The van der Waals surface area contributed by atoms with Crippen LogP contribution in [-0.2, 0) is 21.9 Å². The molecule has 1 nitrogen and oxygen atoms in total. The second-order valence-electron chi connectivity index (χ2n) is 4.08. The quantitative estimate of drug-likeness (QED) is 0.571. The summed E-state index contributed by atoms with van der Waals surface area (Å²) < 4.78 is 0. The molecular formula is C19H14FeO. The number of hydrogen-bond donors (Lipinski definition) is 0. The van der Waals surface area contributed by atoms with Crippen molar-refractivity contribution in [1.82, 2.24) is 0 Å². The van der Waals surface area contributed by atoms with Gasteiger partial charge in [-0.2, -0.15) is 0 Å². The molecule has 0 heterocycles. The zero-order valence-electron chi connectivity index (χ0n) is 11.3. The van der Waals surface area contributed by atoms with Gasteiger partial charge in [0.05, 0.1) is 0 Å². The zero-order valence-corrected chi connectivity index (χ0v) is 12.4. The van der Waals surface area contributed by atoms with E-state index in [4.69, 9.17) is 0 Å². The van der Waals surface area contributed by atoms with Crippen molar-refractivity contribution < 1.29 is 21.9 Å². The number of rotatable bonds is 1. The Bertz CT molecular complexity index is 627. The molecule has 0 bridgehead atoms. The molecule has 0 atom stereocenters. The van der Waals surface area contributed by atoms with E-state index in [1.165, 1.54) is 0 Å². The van der Waals surface area contributed by atoms with Gasteiger partial charge in [0.1, 0.15) is 0 Å². The first kappa shape index (κ1) is 17.0. The van der Waals surface area contributed by atoms with Gasteiger partial charge in [0.2, 0.25) is 5.78 Å². The Labute approximate surface area is 136 Å². The molecule has 1 aromatic rings. The van der Waals surface area contributed by atoms with E-state index in [1.54, 1.807) is 12.2 Å². The Kier molecular flexibility index (Phi) is 7.90. The average molecular weight is 314 g/mol. The van der Waals surface area contributed by atoms with Crippen molar-refractivity contribution in [2.75, 3.05) is 0 Å². The van der Waals surface area contributed by atoms with Gasteiger partial charge in [-0.05, 0) is 18.1 Å². The van der Waals surface area contributed by atoms with Crippen molar-refractivity contribution >= 4 is 5.78 Å². The second-order valence-corrected chi connectivity index (χ2v) is 4.08. The maximum Gasteiger partial charge on any atom is 0.235 e. The summed E-state index contributed by atoms with van der Waals surface area (Å²) in [6.45, 7) is 0. The molecule has 2 radical (unpaired) electrons. The van der Waals surface area contributed by atoms with Crippen molar-refractivity contribution in [3.05, 3.63) is 96.8 Å². The van der Waals surface area contributed by atoms with Gasteiger partial charge in [-0.15, -0.1) is 0 Å². The second kappa shape index (κ2) is 9.77. The Morgan fingerprint density at radius 3 is 2.10 bits per heavy atom. The summed E-state index contributed by atoms with van der Waals surface area (Å²) in [6, 6.07) is 9.48. The van der Waals surface area contributed by atoms with Crippen LogP contribution in [0.4, 0.5) is 0 Å². The first-order chi connectivity index (χ1) is 9.86. The van der Waals surface area contributed by atoms with Crippen LogP contribution < -0.4 is 0 Å². The van der Waals surface area contributed by atoms with E-state index in [-0.39, 0.29) is 22.9 Å². The molecule has 0 fully saturated rings. The first-order valence-corrected chi connectivity index (χ1v) is 6.36. The summed E-state index contributed by atoms with van der Waals surface area (Å²) >= 11 is 0. The van der Waals surface area contributed by atoms with Crippen LogP contribution >= 0.6 is 0 Å². The summed E-state index contributed by atoms with van der Waals surface area (Å²) in [5, 5.41) is 0. The smallest absolute Gasteiger partial charge is 0.235 e. The SMILES string of the molecule is O=C(C#Cc1ccccc1)C1=C[CH]C=C1.[CH]1C=CC=C1.[Fe]. The third-order valence-electron chi connectivity index (χ3n) is 2.57. The minimum atomic E-state index is -0.135. The number of allylic oxidation sites excluding steroid dienone is 8. The molecule has 0 saturated heterocycles. The first-order valence-electron chi connectivity index (χ1n) is 6.36. The summed E-state index contributed by atoms with van der Waals surface area (Å²) in [4.78, 5) is 11.5. The van der Waals surface area contributed by atoms with Crippen LogP contribution in [0.1, 0.15) is 5.56 Å². The number of benzene rings is 1. The Morgan fingerprint density at radius 2 is 1.57 bits per heavy atom. The standard InChI is InChI=1S/C14H9O.C5H5.Fe/c15-14(13-8-4-5-9-13)11-10-12-6-2-1-3-7-12;1-2-4-5-3-1;/h1-9H;1-5H;. The molecular weight excluding hydrogens is 300 g/mol. The topological polar surface area (TPSA) is 17.1 Å². The number of carbonyl (C=O) groups is 1. The number of ketones is 1. The van der Waals surface area contributed by atoms with E-state index in [0.717, 1.165) is 5.56 Å². The molecule has 2 heteroatoms. The molecule has 0 N–H and O–H groups in total. The molecule has 0 aromatic heterocycles. The van der Waals surface area contributed by atoms with Gasteiger partial charge in [-0.3, -0.25) is 4.79 Å². The van der Waals surface area contributed by atoms with Crippen molar-refractivity contribution in [2.45, 2.75) is 0 Å². The third kappa shape index (κ3) is 6.27. The average Bonchev–Trinajstić information content (AvgIpc) is 3.20. The molecule has 0 spiro atoms. The molecule has 1 aromatic carbocycles. The fraction of sp³-hybridized carbons (Fsp3) is 0. The Balaban J connectivity index is 0.000000313. The predicted octanol–water partition coefficient (Wildman–Crippen LogP) is 3.62. The zero-order chi connectivity index (χ0) is 14.0. The van der Waals surface area contributed by atoms with Crippen LogP contribution in [0.2, 0.25) is 0 Å². The van der Waals surface area contributed by atoms with Gasteiger partial charge in [-0.1, -0.05) is 66.7 Å². The minimum Gasteiger partial charge on any atom is -0.279 e. The van der Waals surface area contributed by atoms with Crippen molar-refractivity contribution in [3.8, 4) is 11.8 Å². The van der Waals surface area contributed by atoms with Gasteiger partial charge in [0.25, 0.3) is 0 Å². The molecule has 2 aliphatic carbocycles. The fourth-order valence-corrected chi connectivity index (χ4v) is 1.57. The monoisotopic (exact) mass is 314 g/mol. The molecule has 104 valence electrons. The van der Waals surface area contributed by atoms with Crippen LogP contribution in [0, 0.1) is 24.7 Å². The predicted molar refractivity (Wildman–Crippen MR) is 82.4 cm³/mol. The molecule has 21 heavy (non-hydrogen) atoms. The van der Waals surface area contributed by atoms with Gasteiger partial charge in [0.15, 0.2) is 0 Å². The van der Waals surface area contributed by atoms with Crippen LogP contribution in [0.5, 0.6) is 0 Å². The summed E-state index contributed by atoms with van der Waals surface area (Å²) in [5.41, 5.74) is 1.51. The van der Waals surface area contributed by atoms with E-state index in [0.29, 0.717) is 5.57 Å². The van der Waals surface area contributed by atoms with E-state index in [2.05, 4.69) is 11.8 Å². The largest absolute Gasteiger partial charge is 0.279 e. The van der Waals surface area contributed by atoms with Crippen LogP contribution in [0.3, 0.4) is 0 Å². The van der Waals surface area contributed by atoms with Crippen molar-refractivity contribution in [2.24, 2.45) is 0 Å². The molecule has 2 aliphatic rings. The van der Waals surface area contributed by atoms with Gasteiger partial charge >= 0.3 is 0 Å². The van der Waals surface area contributed by atoms with Crippen molar-refractivity contribution in [3.63, 3.8) is 0 Å². The minimum absolute atomic E-state index is 0. The van der Waals surface area contributed by atoms with E-state index < -0.39 is 0 Å². The van der Waals surface area contributed by atoms with Crippen LogP contribution in [0.25, 0.3) is 0 Å². The van der Waals surface area contributed by atoms with Crippen LogP contribution in [0.15, 0.2) is 78.4 Å². The molecule has 0 amide bonds. The number of hydrogen-bond acceptors (Lipinski definition) is 1. The number of carbonyl (C=O) groups excluding carboxylic acids is 1. The molecule has 3 rings (SSSR count). The Morgan fingerprint density at radius 1 is 0.857 bits per heavy atom. The van der Waals surface area contributed by atoms with E-state index in [1.807, 2.05) is 73.6 Å². The summed E-state index contributed by atoms with van der Waals surface area (Å²) in [7, 11) is 0. The van der Waals surface area contributed by atoms with E-state index >= 15 is 0 Å². The summed E-state index contributed by atoms with van der Waals surface area (Å²) in [6.07, 6.45) is 17.2. The van der Waals surface area contributed by atoms with Gasteiger partial charge in [-0.25, -0.2) is 0 Å².